The molecule has 0 saturated heterocycles. The second-order valence-electron chi connectivity index (χ2n) is 9.97. The first-order valence-corrected chi connectivity index (χ1v) is 24.3. The molecule has 4 aromatic rings. The van der Waals surface area contributed by atoms with E-state index in [0.717, 1.165) is 32.6 Å². The molecule has 8 nitrogen and oxygen atoms in total. The van der Waals surface area contributed by atoms with Gasteiger partial charge in [0.15, 0.2) is 0 Å². The van der Waals surface area contributed by atoms with Gasteiger partial charge in [-0.3, -0.25) is 0 Å². The zero-order valence-electron chi connectivity index (χ0n) is 26.1. The molecule has 0 aliphatic rings. The van der Waals surface area contributed by atoms with Gasteiger partial charge in [0, 0.05) is 77.1 Å². The first-order valence-electron chi connectivity index (χ1n) is 13.9. The van der Waals surface area contributed by atoms with Gasteiger partial charge < -0.3 is 26.6 Å². The lowest BCUT2D eigenvalue weighted by Gasteiger charge is -2.34. The average molecular weight is 749 g/mol. The van der Waals surface area contributed by atoms with Crippen molar-refractivity contribution < 1.29 is 26.6 Å². The first kappa shape index (κ1) is 36.6. The fraction of sp³-hybridized carbons (Fsp3) is 0.500. The largest absolute Gasteiger partial charge is 0.503 e. The quantitative estimate of drug-likeness (QED) is 0.0522. The van der Waals surface area contributed by atoms with Gasteiger partial charge in [0.2, 0.25) is 0 Å². The van der Waals surface area contributed by atoms with Crippen LogP contribution in [-0.4, -0.2) is 81.7 Å². The van der Waals surface area contributed by atoms with Gasteiger partial charge in [-0.2, -0.15) is 0 Å². The lowest BCUT2D eigenvalue weighted by Crippen LogP contribution is -2.49. The summed E-state index contributed by atoms with van der Waals surface area (Å²) in [6, 6.07) is 16.5. The predicted octanol–water partition coefficient (Wildman–Crippen LogP) is 8.99. The molecule has 0 aliphatic heterocycles. The van der Waals surface area contributed by atoms with E-state index in [1.54, 1.807) is 85.0 Å². The van der Waals surface area contributed by atoms with Crippen LogP contribution in [0.25, 0.3) is 20.4 Å². The van der Waals surface area contributed by atoms with Gasteiger partial charge in [-0.25, -0.2) is 9.97 Å². The summed E-state index contributed by atoms with van der Waals surface area (Å²) in [5.74, 6) is 1.90. The third-order valence-corrected chi connectivity index (χ3v) is 23.2. The van der Waals surface area contributed by atoms with Gasteiger partial charge in [-0.1, -0.05) is 59.7 Å². The van der Waals surface area contributed by atoms with Crippen molar-refractivity contribution in [2.75, 3.05) is 54.2 Å². The van der Waals surface area contributed by atoms with Gasteiger partial charge in [0.05, 0.1) is 30.4 Å². The molecule has 2 aromatic heterocycles. The Morgan fingerprint density at radius 2 is 0.932 bits per heavy atom. The number of para-hydroxylation sites is 2. The van der Waals surface area contributed by atoms with Crippen LogP contribution >= 0.6 is 63.9 Å². The molecule has 44 heavy (non-hydrogen) atoms. The summed E-state index contributed by atoms with van der Waals surface area (Å²) < 4.78 is 37.8. The van der Waals surface area contributed by atoms with E-state index >= 15 is 0 Å². The van der Waals surface area contributed by atoms with Crippen LogP contribution in [0.4, 0.5) is 0 Å². The summed E-state index contributed by atoms with van der Waals surface area (Å²) in [6.07, 6.45) is 0. The van der Waals surface area contributed by atoms with Crippen molar-refractivity contribution in [3.8, 4) is 0 Å². The SMILES string of the molecule is CO[Si](OC)(OC)C(C)C(CSSSSCC(c1nc2ccccc2s1)C(C)[Si](OC)(OC)OC)c1nc2ccccc2s1. The smallest absolute Gasteiger partial charge is 0.377 e. The van der Waals surface area contributed by atoms with E-state index in [-0.39, 0.29) is 22.9 Å². The maximum atomic E-state index is 5.90. The summed E-state index contributed by atoms with van der Waals surface area (Å²) >= 11 is 3.47. The van der Waals surface area contributed by atoms with E-state index in [4.69, 9.17) is 36.5 Å². The van der Waals surface area contributed by atoms with Crippen molar-refractivity contribution in [2.45, 2.75) is 36.8 Å². The Hall–Kier alpha value is -0.186. The van der Waals surface area contributed by atoms with Crippen LogP contribution in [0.15, 0.2) is 48.5 Å². The van der Waals surface area contributed by atoms with Crippen molar-refractivity contribution in [2.24, 2.45) is 0 Å². The van der Waals surface area contributed by atoms with Crippen LogP contribution in [0.1, 0.15) is 35.7 Å². The molecule has 2 heterocycles. The highest BCUT2D eigenvalue weighted by atomic mass is 33.7. The predicted molar refractivity (Wildman–Crippen MR) is 197 cm³/mol. The summed E-state index contributed by atoms with van der Waals surface area (Å²) in [5.41, 5.74) is 2.08. The second-order valence-corrected chi connectivity index (χ2v) is 24.9. The van der Waals surface area contributed by atoms with Gasteiger partial charge >= 0.3 is 17.6 Å². The number of thiazole rings is 2. The Balaban J connectivity index is 1.45. The van der Waals surface area contributed by atoms with Crippen molar-refractivity contribution >= 4 is 102 Å². The fourth-order valence-corrected chi connectivity index (χ4v) is 19.9. The van der Waals surface area contributed by atoms with Gasteiger partial charge in [0.25, 0.3) is 0 Å². The highest BCUT2D eigenvalue weighted by Gasteiger charge is 2.50. The van der Waals surface area contributed by atoms with Crippen LogP contribution in [0.2, 0.25) is 11.1 Å². The summed E-state index contributed by atoms with van der Waals surface area (Å²) in [6.45, 7) is 4.32. The number of hydrogen-bond acceptors (Lipinski definition) is 14. The van der Waals surface area contributed by atoms with E-state index in [1.807, 2.05) is 33.7 Å². The van der Waals surface area contributed by atoms with Crippen LogP contribution in [0.3, 0.4) is 0 Å². The molecule has 4 unspecified atom stereocenters. The normalized spacial score (nSPS) is 15.5. The molecular formula is C28H40N2O6S6Si2. The Morgan fingerprint density at radius 3 is 1.25 bits per heavy atom. The third kappa shape index (κ3) is 8.09. The maximum Gasteiger partial charge on any atom is 0.503 e. The van der Waals surface area contributed by atoms with Crippen molar-refractivity contribution in [3.05, 3.63) is 58.5 Å². The minimum absolute atomic E-state index is 0.0216. The molecule has 0 amide bonds. The van der Waals surface area contributed by atoms with Crippen LogP contribution in [0.5, 0.6) is 0 Å². The number of rotatable bonds is 19. The zero-order chi connectivity index (χ0) is 31.7. The molecular weight excluding hydrogens is 709 g/mol. The summed E-state index contributed by atoms with van der Waals surface area (Å²) in [7, 11) is 11.5. The Bertz CT molecular complexity index is 1270. The average Bonchev–Trinajstić information content (AvgIpc) is 3.69. The van der Waals surface area contributed by atoms with E-state index < -0.39 is 17.6 Å². The number of fused-ring (bicyclic) bond motifs is 2. The molecule has 16 heteroatoms. The van der Waals surface area contributed by atoms with Gasteiger partial charge in [-0.15, -0.1) is 22.7 Å². The molecule has 4 atom stereocenters. The molecule has 0 fully saturated rings. The standard InChI is InChI=1S/C28H40N2O6S6Si2/c1-19(43(31-3,32-4)33-5)21(27-29-23-13-9-11-15-25(23)39-27)17-37-41-42-38-18-22(20(2)44(34-6,35-7)36-8)28-30-24-14-10-12-16-26(24)40-28/h9-16,19-22H,17-18H2,1-8H3. The minimum Gasteiger partial charge on any atom is -0.377 e. The number of nitrogens with zero attached hydrogens (tertiary/aromatic N) is 2. The van der Waals surface area contributed by atoms with Crippen molar-refractivity contribution in [1.29, 1.82) is 0 Å². The molecule has 4 rings (SSSR count). The molecule has 2 aromatic carbocycles. The van der Waals surface area contributed by atoms with Gasteiger partial charge in [-0.05, 0) is 43.9 Å². The first-order chi connectivity index (χ1) is 21.3. The lowest BCUT2D eigenvalue weighted by molar-refractivity contribution is 0.109. The highest BCUT2D eigenvalue weighted by Crippen LogP contribution is 2.51. The monoisotopic (exact) mass is 748 g/mol. The summed E-state index contributed by atoms with van der Waals surface area (Å²) in [5, 5.41) is 2.16. The molecule has 0 spiro atoms. The molecule has 0 N–H and O–H groups in total. The Morgan fingerprint density at radius 1 is 0.591 bits per heavy atom. The van der Waals surface area contributed by atoms with E-state index in [2.05, 4.69) is 50.2 Å². The lowest BCUT2D eigenvalue weighted by atomic mass is 10.1. The van der Waals surface area contributed by atoms with E-state index in [1.165, 1.54) is 9.40 Å². The zero-order valence-corrected chi connectivity index (χ0v) is 33.0. The van der Waals surface area contributed by atoms with Crippen molar-refractivity contribution in [1.82, 2.24) is 9.97 Å². The molecule has 242 valence electrons. The third-order valence-electron chi connectivity index (χ3n) is 7.90. The van der Waals surface area contributed by atoms with Crippen molar-refractivity contribution in [3.63, 3.8) is 0 Å². The molecule has 0 saturated carbocycles. The number of benzene rings is 2. The van der Waals surface area contributed by atoms with Crippen LogP contribution in [-0.2, 0) is 26.6 Å². The Kier molecular flexibility index (Phi) is 14.4. The van der Waals surface area contributed by atoms with Crippen LogP contribution in [0, 0.1) is 0 Å². The highest BCUT2D eigenvalue weighted by molar-refractivity contribution is 9.26. The van der Waals surface area contributed by atoms with E-state index in [0.29, 0.717) is 0 Å². The molecule has 0 bridgehead atoms. The second kappa shape index (κ2) is 17.3. The minimum atomic E-state index is -2.90. The van der Waals surface area contributed by atoms with Gasteiger partial charge in [0.1, 0.15) is 0 Å². The molecule has 0 aliphatic carbocycles. The number of hydrogen-bond donors (Lipinski definition) is 0. The Labute approximate surface area is 286 Å². The van der Waals surface area contributed by atoms with Crippen LogP contribution < -0.4 is 0 Å². The number of aromatic nitrogens is 2. The topological polar surface area (TPSA) is 81.2 Å². The summed E-state index contributed by atoms with van der Waals surface area (Å²) in [4.78, 5) is 10.0. The fourth-order valence-electron chi connectivity index (χ4n) is 5.31. The maximum absolute atomic E-state index is 5.90. The molecule has 0 radical (unpaired) electrons. The van der Waals surface area contributed by atoms with E-state index in [9.17, 15) is 0 Å².